The summed E-state index contributed by atoms with van der Waals surface area (Å²) in [4.78, 5) is 21.8. The maximum atomic E-state index is 13.5. The van der Waals surface area contributed by atoms with Crippen molar-refractivity contribution in [2.45, 2.75) is 62.6 Å². The highest BCUT2D eigenvalue weighted by atomic mass is 32.2. The normalized spacial score (nSPS) is 31.7. The van der Waals surface area contributed by atoms with Gasteiger partial charge in [0.15, 0.2) is 0 Å². The zero-order chi connectivity index (χ0) is 26.7. The molecular weight excluding hydrogens is 514 g/mol. The van der Waals surface area contributed by atoms with E-state index in [0.717, 1.165) is 50.8 Å². The van der Waals surface area contributed by atoms with E-state index >= 15 is 0 Å². The molecule has 2 saturated carbocycles. The van der Waals surface area contributed by atoms with Crippen LogP contribution in [0.5, 0.6) is 0 Å². The average molecular weight is 549 g/mol. The van der Waals surface area contributed by atoms with Gasteiger partial charge in [-0.1, -0.05) is 19.1 Å². The van der Waals surface area contributed by atoms with Gasteiger partial charge in [0, 0.05) is 62.0 Å². The van der Waals surface area contributed by atoms with E-state index in [0.29, 0.717) is 19.0 Å². The number of benzene rings is 1. The predicted octanol–water partition coefficient (Wildman–Crippen LogP) is 2.57. The number of hydrogen-bond donors (Lipinski definition) is 2. The molecule has 12 heteroatoms. The van der Waals surface area contributed by atoms with Crippen LogP contribution in [0.15, 0.2) is 34.2 Å². The topological polar surface area (TPSA) is 97.4 Å². The first kappa shape index (κ1) is 24.7. The van der Waals surface area contributed by atoms with E-state index in [4.69, 9.17) is 4.99 Å². The van der Waals surface area contributed by atoms with Gasteiger partial charge in [-0.2, -0.15) is 4.31 Å². The van der Waals surface area contributed by atoms with Gasteiger partial charge in [-0.3, -0.25) is 4.99 Å². The number of hydrazine groups is 1. The molecule has 3 atom stereocenters. The number of alkyl halides is 2. The van der Waals surface area contributed by atoms with Gasteiger partial charge < -0.3 is 15.2 Å². The number of sulfonamides is 1. The number of amides is 2. The molecule has 4 aliphatic heterocycles. The number of carbonyl (C=O) groups is 1. The van der Waals surface area contributed by atoms with Crippen molar-refractivity contribution in [3.63, 3.8) is 0 Å². The van der Waals surface area contributed by atoms with E-state index in [2.05, 4.69) is 17.8 Å². The lowest BCUT2D eigenvalue weighted by molar-refractivity contribution is -0.0918. The SMILES string of the molecule is CC1(C2=NC(C3CC4(C3)CN(C(=O)N3CC5CN(S(=O)(=O)c6ccc(C(C)(F)F)cc6)CC53)C4)NN2)CC1. The Kier molecular flexibility index (Phi) is 5.12. The minimum atomic E-state index is -3.81. The fourth-order valence-electron chi connectivity index (χ4n) is 7.00. The van der Waals surface area contributed by atoms with Gasteiger partial charge in [0.05, 0.1) is 10.9 Å². The van der Waals surface area contributed by atoms with Crippen LogP contribution >= 0.6 is 0 Å². The largest absolute Gasteiger partial charge is 0.323 e. The molecule has 6 aliphatic rings. The molecule has 0 bridgehead atoms. The van der Waals surface area contributed by atoms with Crippen LogP contribution in [-0.2, 0) is 15.9 Å². The molecule has 3 saturated heterocycles. The Hall–Kier alpha value is -2.31. The van der Waals surface area contributed by atoms with Crippen LogP contribution in [0.4, 0.5) is 13.6 Å². The fraction of sp³-hybridized carbons (Fsp3) is 0.692. The van der Waals surface area contributed by atoms with Gasteiger partial charge in [-0.15, -0.1) is 0 Å². The van der Waals surface area contributed by atoms with Crippen LogP contribution in [0, 0.1) is 22.7 Å². The molecular formula is C26H34F2N6O3S. The van der Waals surface area contributed by atoms with Crippen molar-refractivity contribution in [3.05, 3.63) is 29.8 Å². The zero-order valence-electron chi connectivity index (χ0n) is 21.7. The quantitative estimate of drug-likeness (QED) is 0.590. The summed E-state index contributed by atoms with van der Waals surface area (Å²) >= 11 is 0. The second kappa shape index (κ2) is 7.88. The highest BCUT2D eigenvalue weighted by Crippen LogP contribution is 2.54. The number of rotatable bonds is 5. The van der Waals surface area contributed by atoms with E-state index in [1.807, 2.05) is 4.90 Å². The van der Waals surface area contributed by atoms with Crippen LogP contribution in [0.3, 0.4) is 0 Å². The van der Waals surface area contributed by atoms with Crippen molar-refractivity contribution in [3.8, 4) is 0 Å². The predicted molar refractivity (Wildman–Crippen MR) is 136 cm³/mol. The number of amidine groups is 1. The number of urea groups is 1. The first-order chi connectivity index (χ1) is 17.9. The van der Waals surface area contributed by atoms with Gasteiger partial charge >= 0.3 is 6.03 Å². The minimum absolute atomic E-state index is 0.00303. The second-order valence-electron chi connectivity index (χ2n) is 12.8. The molecule has 0 aromatic heterocycles. The van der Waals surface area contributed by atoms with E-state index in [9.17, 15) is 22.0 Å². The Labute approximate surface area is 221 Å². The molecule has 5 fully saturated rings. The summed E-state index contributed by atoms with van der Waals surface area (Å²) in [5.74, 6) is -1.34. The Balaban J connectivity index is 0.919. The van der Waals surface area contributed by atoms with E-state index < -0.39 is 15.9 Å². The molecule has 2 N–H and O–H groups in total. The molecule has 7 rings (SSSR count). The van der Waals surface area contributed by atoms with Crippen molar-refractivity contribution in [1.29, 1.82) is 0 Å². The number of nitrogens with zero attached hydrogens (tertiary/aromatic N) is 4. The van der Waals surface area contributed by atoms with Crippen molar-refractivity contribution in [2.24, 2.45) is 27.7 Å². The molecule has 1 spiro atoms. The standard InChI is InChI=1S/C26H34F2N6O3S/c1-24(7-8-24)22-29-21(30-31-22)16-9-26(10-16)14-32(15-26)23(35)34-12-17-11-33(13-20(17)34)38(36,37)19-5-3-18(4-6-19)25(2,27)28/h3-6,16-17,20-21,30H,7-15H2,1-2H3,(H,29,31). The monoisotopic (exact) mass is 548 g/mol. The maximum absolute atomic E-state index is 13.5. The third-order valence-corrected chi connectivity index (χ3v) is 11.6. The zero-order valence-corrected chi connectivity index (χ0v) is 22.5. The number of halogens is 2. The van der Waals surface area contributed by atoms with Gasteiger partial charge in [-0.05, 0) is 43.7 Å². The highest BCUT2D eigenvalue weighted by molar-refractivity contribution is 7.89. The van der Waals surface area contributed by atoms with E-state index in [-0.39, 0.29) is 52.0 Å². The molecule has 9 nitrogen and oxygen atoms in total. The Morgan fingerprint density at radius 2 is 1.76 bits per heavy atom. The molecule has 0 radical (unpaired) electrons. The van der Waals surface area contributed by atoms with Crippen LogP contribution in [0.1, 0.15) is 45.1 Å². The maximum Gasteiger partial charge on any atom is 0.320 e. The number of carbonyl (C=O) groups excluding carboxylic acids is 1. The van der Waals surface area contributed by atoms with E-state index in [1.165, 1.54) is 29.3 Å². The first-order valence-electron chi connectivity index (χ1n) is 13.5. The Bertz CT molecular complexity index is 1290. The van der Waals surface area contributed by atoms with Crippen LogP contribution < -0.4 is 10.9 Å². The molecule has 1 aromatic rings. The lowest BCUT2D eigenvalue weighted by Gasteiger charge is -2.61. The minimum Gasteiger partial charge on any atom is -0.323 e. The van der Waals surface area contributed by atoms with Crippen molar-refractivity contribution >= 4 is 21.9 Å². The Morgan fingerprint density at radius 1 is 1.08 bits per heavy atom. The summed E-state index contributed by atoms with van der Waals surface area (Å²) < 4.78 is 54.7. The summed E-state index contributed by atoms with van der Waals surface area (Å²) in [5, 5.41) is 0. The molecule has 2 amide bonds. The number of likely N-dealkylation sites (tertiary alicyclic amines) is 2. The van der Waals surface area contributed by atoms with Crippen LogP contribution in [0.25, 0.3) is 0 Å². The van der Waals surface area contributed by atoms with Gasteiger partial charge in [0.25, 0.3) is 5.92 Å². The van der Waals surface area contributed by atoms with Gasteiger partial charge in [-0.25, -0.2) is 27.4 Å². The lowest BCUT2D eigenvalue weighted by atomic mass is 9.57. The van der Waals surface area contributed by atoms with Gasteiger partial charge in [0.1, 0.15) is 12.0 Å². The van der Waals surface area contributed by atoms with E-state index in [1.54, 1.807) is 4.90 Å². The molecule has 4 heterocycles. The first-order valence-corrected chi connectivity index (χ1v) is 14.9. The molecule has 3 unspecified atom stereocenters. The van der Waals surface area contributed by atoms with Crippen LogP contribution in [0.2, 0.25) is 0 Å². The third-order valence-electron chi connectivity index (χ3n) is 9.79. The molecule has 1 aromatic carbocycles. The summed E-state index contributed by atoms with van der Waals surface area (Å²) in [7, 11) is -3.81. The number of nitrogens with one attached hydrogen (secondary N) is 2. The van der Waals surface area contributed by atoms with Crippen LogP contribution in [-0.4, -0.2) is 79.3 Å². The third kappa shape index (κ3) is 3.77. The molecule has 206 valence electrons. The fourth-order valence-corrected chi connectivity index (χ4v) is 8.51. The lowest BCUT2D eigenvalue weighted by Crippen LogP contribution is -2.70. The highest BCUT2D eigenvalue weighted by Gasteiger charge is 2.59. The summed E-state index contributed by atoms with van der Waals surface area (Å²) in [6, 6.07) is 4.67. The Morgan fingerprint density at radius 3 is 2.39 bits per heavy atom. The second-order valence-corrected chi connectivity index (χ2v) is 14.7. The molecule has 2 aliphatic carbocycles. The van der Waals surface area contributed by atoms with Crippen molar-refractivity contribution < 1.29 is 22.0 Å². The summed E-state index contributed by atoms with van der Waals surface area (Å²) in [6.07, 6.45) is 4.62. The van der Waals surface area contributed by atoms with Crippen molar-refractivity contribution in [2.75, 3.05) is 32.7 Å². The van der Waals surface area contributed by atoms with Crippen molar-refractivity contribution in [1.82, 2.24) is 25.0 Å². The average Bonchev–Trinajstić information content (AvgIpc) is 3.21. The van der Waals surface area contributed by atoms with Gasteiger partial charge in [0.2, 0.25) is 10.0 Å². The summed E-state index contributed by atoms with van der Waals surface area (Å²) in [5.41, 5.74) is 6.83. The number of hydrogen-bond acceptors (Lipinski definition) is 6. The summed E-state index contributed by atoms with van der Waals surface area (Å²) in [6.45, 7) is 5.67. The smallest absolute Gasteiger partial charge is 0.320 e. The molecule has 38 heavy (non-hydrogen) atoms. The number of aliphatic imine (C=N–C) groups is 1. The number of fused-ring (bicyclic) bond motifs is 1.